The summed E-state index contributed by atoms with van der Waals surface area (Å²) in [6.07, 6.45) is 5.41. The lowest BCUT2D eigenvalue weighted by atomic mass is 10.1. The van der Waals surface area contributed by atoms with E-state index < -0.39 is 0 Å². The van der Waals surface area contributed by atoms with E-state index >= 15 is 0 Å². The molecule has 1 amide bonds. The zero-order valence-corrected chi connectivity index (χ0v) is 14.0. The van der Waals surface area contributed by atoms with Gasteiger partial charge < -0.3 is 0 Å². The number of nitrogens with zero attached hydrogens (tertiary/aromatic N) is 2. The molecule has 3 aromatic rings. The molecule has 0 aliphatic carbocycles. The summed E-state index contributed by atoms with van der Waals surface area (Å²) in [7, 11) is 0. The van der Waals surface area contributed by atoms with Crippen LogP contribution in [0.15, 0.2) is 66.9 Å². The van der Waals surface area contributed by atoms with Gasteiger partial charge in [-0.05, 0) is 30.7 Å². The van der Waals surface area contributed by atoms with Gasteiger partial charge >= 0.3 is 0 Å². The predicted octanol–water partition coefficient (Wildman–Crippen LogP) is 5.48. The highest BCUT2D eigenvalue weighted by atomic mass is 16.2. The number of carbonyl (C=O) groups is 1. The lowest BCUT2D eigenvalue weighted by molar-refractivity contribution is -0.118. The zero-order valence-electron chi connectivity index (χ0n) is 14.0. The minimum atomic E-state index is 0.118. The van der Waals surface area contributed by atoms with Crippen LogP contribution in [0.3, 0.4) is 0 Å². The molecule has 0 aliphatic rings. The molecule has 0 spiro atoms. The highest BCUT2D eigenvalue weighted by Gasteiger charge is 2.19. The average molecular weight is 318 g/mol. The number of rotatable bonds is 6. The molecule has 24 heavy (non-hydrogen) atoms. The second kappa shape index (κ2) is 7.73. The molecule has 0 bridgehead atoms. The van der Waals surface area contributed by atoms with E-state index in [2.05, 4.69) is 11.9 Å². The van der Waals surface area contributed by atoms with Crippen LogP contribution in [0.2, 0.25) is 0 Å². The third-order valence-corrected chi connectivity index (χ3v) is 4.11. The van der Waals surface area contributed by atoms with Crippen molar-refractivity contribution in [1.82, 2.24) is 4.98 Å². The molecule has 0 fully saturated rings. The van der Waals surface area contributed by atoms with Crippen LogP contribution in [0, 0.1) is 0 Å². The molecule has 0 radical (unpaired) electrons. The maximum Gasteiger partial charge on any atom is 0.231 e. The number of hydrogen-bond donors (Lipinski definition) is 0. The standard InChI is InChI=1S/C21H22N2O/c1-2-3-5-15-20(24)23(18-12-6-4-7-13-18)19-14-8-10-17-11-9-16-22-21(17)19/h4,6-14,16H,2-3,5,15H2,1H3. The first-order valence-corrected chi connectivity index (χ1v) is 8.53. The summed E-state index contributed by atoms with van der Waals surface area (Å²) < 4.78 is 0. The number of aromatic nitrogens is 1. The number of para-hydroxylation sites is 2. The van der Waals surface area contributed by atoms with Crippen molar-refractivity contribution in [2.75, 3.05) is 4.90 Å². The number of amides is 1. The smallest absolute Gasteiger partial charge is 0.231 e. The van der Waals surface area contributed by atoms with Gasteiger partial charge in [0.05, 0.1) is 11.2 Å². The molecule has 0 saturated carbocycles. The van der Waals surface area contributed by atoms with E-state index in [-0.39, 0.29) is 5.91 Å². The number of anilines is 2. The Morgan fingerprint density at radius 2 is 1.75 bits per heavy atom. The minimum Gasteiger partial charge on any atom is -0.279 e. The Labute approximate surface area is 143 Å². The van der Waals surface area contributed by atoms with Gasteiger partial charge in [0, 0.05) is 23.7 Å². The van der Waals surface area contributed by atoms with Gasteiger partial charge in [-0.1, -0.05) is 56.2 Å². The SMILES string of the molecule is CCCCCC(=O)N(c1ccccc1)c1cccc2cccnc12. The summed E-state index contributed by atoms with van der Waals surface area (Å²) in [5, 5.41) is 1.04. The van der Waals surface area contributed by atoms with Crippen LogP contribution in [0.4, 0.5) is 11.4 Å². The molecule has 0 N–H and O–H groups in total. The van der Waals surface area contributed by atoms with Crippen LogP contribution in [0.25, 0.3) is 10.9 Å². The van der Waals surface area contributed by atoms with E-state index in [0.717, 1.165) is 41.5 Å². The summed E-state index contributed by atoms with van der Waals surface area (Å²) in [5.41, 5.74) is 2.59. The van der Waals surface area contributed by atoms with Crippen LogP contribution in [0.1, 0.15) is 32.6 Å². The van der Waals surface area contributed by atoms with Gasteiger partial charge in [-0.2, -0.15) is 0 Å². The lowest BCUT2D eigenvalue weighted by Crippen LogP contribution is -2.26. The zero-order chi connectivity index (χ0) is 16.8. The largest absolute Gasteiger partial charge is 0.279 e. The van der Waals surface area contributed by atoms with E-state index in [1.807, 2.05) is 65.6 Å². The number of fused-ring (bicyclic) bond motifs is 1. The third-order valence-electron chi connectivity index (χ3n) is 4.11. The fourth-order valence-corrected chi connectivity index (χ4v) is 2.90. The van der Waals surface area contributed by atoms with Gasteiger partial charge in [-0.15, -0.1) is 0 Å². The number of unbranched alkanes of at least 4 members (excludes halogenated alkanes) is 2. The Hall–Kier alpha value is -2.68. The van der Waals surface area contributed by atoms with Crippen LogP contribution in [-0.2, 0) is 4.79 Å². The van der Waals surface area contributed by atoms with Crippen molar-refractivity contribution in [3.05, 3.63) is 66.9 Å². The van der Waals surface area contributed by atoms with E-state index in [1.54, 1.807) is 6.20 Å². The molecule has 1 heterocycles. The first kappa shape index (κ1) is 16.2. The monoisotopic (exact) mass is 318 g/mol. The minimum absolute atomic E-state index is 0.118. The summed E-state index contributed by atoms with van der Waals surface area (Å²) in [5.74, 6) is 0.118. The van der Waals surface area contributed by atoms with Crippen molar-refractivity contribution in [3.63, 3.8) is 0 Å². The summed E-state index contributed by atoms with van der Waals surface area (Å²) in [6, 6.07) is 19.7. The number of pyridine rings is 1. The van der Waals surface area contributed by atoms with Crippen molar-refractivity contribution in [2.45, 2.75) is 32.6 Å². The molecule has 0 atom stereocenters. The second-order valence-corrected chi connectivity index (χ2v) is 5.87. The van der Waals surface area contributed by atoms with Gasteiger partial charge in [0.25, 0.3) is 0 Å². The molecule has 3 rings (SSSR count). The number of hydrogen-bond acceptors (Lipinski definition) is 2. The fraction of sp³-hybridized carbons (Fsp3) is 0.238. The van der Waals surface area contributed by atoms with Gasteiger partial charge in [0.15, 0.2) is 0 Å². The average Bonchev–Trinajstić information content (AvgIpc) is 2.63. The fourth-order valence-electron chi connectivity index (χ4n) is 2.90. The Kier molecular flexibility index (Phi) is 5.22. The molecule has 1 aromatic heterocycles. The first-order chi connectivity index (χ1) is 11.8. The van der Waals surface area contributed by atoms with Gasteiger partial charge in [0.1, 0.15) is 0 Å². The third kappa shape index (κ3) is 3.46. The topological polar surface area (TPSA) is 33.2 Å². The van der Waals surface area contributed by atoms with E-state index in [9.17, 15) is 4.79 Å². The molecule has 3 heteroatoms. The Balaban J connectivity index is 2.05. The highest BCUT2D eigenvalue weighted by Crippen LogP contribution is 2.32. The molecule has 3 nitrogen and oxygen atoms in total. The number of benzene rings is 2. The molecule has 0 unspecified atom stereocenters. The van der Waals surface area contributed by atoms with Crippen molar-refractivity contribution >= 4 is 28.2 Å². The van der Waals surface area contributed by atoms with E-state index in [0.29, 0.717) is 6.42 Å². The molecule has 0 saturated heterocycles. The van der Waals surface area contributed by atoms with E-state index in [4.69, 9.17) is 0 Å². The van der Waals surface area contributed by atoms with Crippen molar-refractivity contribution in [1.29, 1.82) is 0 Å². The van der Waals surface area contributed by atoms with Crippen LogP contribution < -0.4 is 4.90 Å². The molecular weight excluding hydrogens is 296 g/mol. The molecule has 122 valence electrons. The Bertz CT molecular complexity index is 809. The van der Waals surface area contributed by atoms with Crippen LogP contribution >= 0.6 is 0 Å². The lowest BCUT2D eigenvalue weighted by Gasteiger charge is -2.24. The van der Waals surface area contributed by atoms with Gasteiger partial charge in [-0.3, -0.25) is 14.7 Å². The normalized spacial score (nSPS) is 10.7. The summed E-state index contributed by atoms with van der Waals surface area (Å²) in [6.45, 7) is 2.15. The molecular formula is C21H22N2O. The molecule has 2 aromatic carbocycles. The first-order valence-electron chi connectivity index (χ1n) is 8.53. The molecule has 0 aliphatic heterocycles. The Morgan fingerprint density at radius 1 is 0.958 bits per heavy atom. The second-order valence-electron chi connectivity index (χ2n) is 5.87. The summed E-state index contributed by atoms with van der Waals surface area (Å²) >= 11 is 0. The quantitative estimate of drug-likeness (QED) is 0.564. The van der Waals surface area contributed by atoms with Crippen LogP contribution in [-0.4, -0.2) is 10.9 Å². The summed E-state index contributed by atoms with van der Waals surface area (Å²) in [4.78, 5) is 19.3. The Morgan fingerprint density at radius 3 is 2.54 bits per heavy atom. The maximum absolute atomic E-state index is 13.0. The maximum atomic E-state index is 13.0. The van der Waals surface area contributed by atoms with Crippen molar-refractivity contribution in [3.8, 4) is 0 Å². The van der Waals surface area contributed by atoms with Crippen molar-refractivity contribution < 1.29 is 4.79 Å². The van der Waals surface area contributed by atoms with E-state index in [1.165, 1.54) is 0 Å². The predicted molar refractivity (Wildman–Crippen MR) is 99.5 cm³/mol. The van der Waals surface area contributed by atoms with Crippen molar-refractivity contribution in [2.24, 2.45) is 0 Å². The van der Waals surface area contributed by atoms with Gasteiger partial charge in [0.2, 0.25) is 5.91 Å². The number of carbonyl (C=O) groups excluding carboxylic acids is 1. The van der Waals surface area contributed by atoms with Gasteiger partial charge in [-0.25, -0.2) is 0 Å². The van der Waals surface area contributed by atoms with Crippen LogP contribution in [0.5, 0.6) is 0 Å². The highest BCUT2D eigenvalue weighted by molar-refractivity contribution is 6.07.